The fourth-order valence-electron chi connectivity index (χ4n) is 6.85. The van der Waals surface area contributed by atoms with Gasteiger partial charge in [0.1, 0.15) is 11.2 Å². The molecule has 4 atom stereocenters. The van der Waals surface area contributed by atoms with Gasteiger partial charge in [-0.15, -0.1) is 0 Å². The summed E-state index contributed by atoms with van der Waals surface area (Å²) in [5.41, 5.74) is 0.107. The standard InChI is InChI=1S/C31H40Cl2FN5O2/c1-30(2,3)18-24-31(21-10-9-19(32)17-23(21)36-29(31)41)25(20-7-5-8-22(33)26(20)34)27(37-24)28(40)35-11-6-12-39-15-13-38(4)14-16-39/h5,7-10,17,24-25,27,37H,6,11-16,18H2,1-4H3,(H,35,40)(H,36,41). The number of piperazine rings is 1. The molecule has 0 saturated carbocycles. The highest BCUT2D eigenvalue weighted by Crippen LogP contribution is 2.57. The number of anilines is 1. The van der Waals surface area contributed by atoms with Crippen LogP contribution in [0.1, 0.15) is 50.7 Å². The first-order valence-electron chi connectivity index (χ1n) is 14.4. The monoisotopic (exact) mass is 603 g/mol. The molecule has 10 heteroatoms. The number of likely N-dealkylation sites (N-methyl/N-ethyl adjacent to an activating group) is 1. The molecule has 3 aliphatic heterocycles. The van der Waals surface area contributed by atoms with E-state index in [0.29, 0.717) is 29.2 Å². The Morgan fingerprint density at radius 1 is 1.15 bits per heavy atom. The van der Waals surface area contributed by atoms with E-state index in [-0.39, 0.29) is 27.8 Å². The molecule has 222 valence electrons. The average Bonchev–Trinajstić information content (AvgIpc) is 3.38. The third-order valence-corrected chi connectivity index (χ3v) is 9.29. The van der Waals surface area contributed by atoms with Crippen LogP contribution >= 0.6 is 23.2 Å². The molecular formula is C31H40Cl2FN5O2. The van der Waals surface area contributed by atoms with Crippen molar-refractivity contribution in [2.24, 2.45) is 5.41 Å². The van der Waals surface area contributed by atoms with Gasteiger partial charge in [-0.2, -0.15) is 0 Å². The van der Waals surface area contributed by atoms with Gasteiger partial charge in [-0.05, 0) is 61.2 Å². The van der Waals surface area contributed by atoms with Crippen LogP contribution in [-0.4, -0.2) is 80.0 Å². The topological polar surface area (TPSA) is 76.7 Å². The number of nitrogens with one attached hydrogen (secondary N) is 3. The Morgan fingerprint density at radius 2 is 1.88 bits per heavy atom. The zero-order valence-electron chi connectivity index (χ0n) is 24.2. The zero-order valence-corrected chi connectivity index (χ0v) is 25.7. The van der Waals surface area contributed by atoms with E-state index in [2.05, 4.69) is 53.6 Å². The van der Waals surface area contributed by atoms with Crippen molar-refractivity contribution in [3.05, 3.63) is 63.4 Å². The normalized spacial score (nSPS) is 26.8. The molecule has 1 spiro atoms. The Balaban J connectivity index is 1.50. The minimum atomic E-state index is -1.25. The van der Waals surface area contributed by atoms with Crippen molar-refractivity contribution in [3.63, 3.8) is 0 Å². The van der Waals surface area contributed by atoms with E-state index in [1.54, 1.807) is 24.3 Å². The first-order valence-corrected chi connectivity index (χ1v) is 15.2. The number of halogens is 3. The molecule has 4 unspecified atom stereocenters. The maximum Gasteiger partial charge on any atom is 0.237 e. The number of fused-ring (bicyclic) bond motifs is 2. The molecule has 0 aliphatic carbocycles. The Kier molecular flexibility index (Phi) is 8.71. The Labute approximate surface area is 252 Å². The van der Waals surface area contributed by atoms with Gasteiger partial charge in [-0.1, -0.05) is 62.2 Å². The summed E-state index contributed by atoms with van der Waals surface area (Å²) in [5.74, 6) is -1.97. The summed E-state index contributed by atoms with van der Waals surface area (Å²) in [6.07, 6.45) is 1.38. The van der Waals surface area contributed by atoms with E-state index in [0.717, 1.165) is 39.1 Å². The SMILES string of the molecule is CN1CCN(CCCNC(=O)C2NC(CC(C)(C)C)C3(C(=O)Nc4cc(Cl)ccc43)C2c2cccc(Cl)c2F)CC1. The van der Waals surface area contributed by atoms with Crippen LogP contribution in [0.15, 0.2) is 36.4 Å². The smallest absolute Gasteiger partial charge is 0.237 e. The molecule has 7 nitrogen and oxygen atoms in total. The van der Waals surface area contributed by atoms with E-state index >= 15 is 4.39 Å². The Bertz CT molecular complexity index is 1310. The molecule has 2 aromatic carbocycles. The van der Waals surface area contributed by atoms with Crippen molar-refractivity contribution >= 4 is 40.7 Å². The molecule has 2 amide bonds. The number of hydrogen-bond donors (Lipinski definition) is 3. The number of nitrogens with zero attached hydrogens (tertiary/aromatic N) is 2. The molecular weight excluding hydrogens is 564 g/mol. The lowest BCUT2D eigenvalue weighted by molar-refractivity contribution is -0.123. The maximum atomic E-state index is 15.8. The van der Waals surface area contributed by atoms with Crippen LogP contribution in [0.3, 0.4) is 0 Å². The number of rotatable bonds is 7. The van der Waals surface area contributed by atoms with Crippen LogP contribution in [0, 0.1) is 11.2 Å². The number of carbonyl (C=O) groups excluding carboxylic acids is 2. The van der Waals surface area contributed by atoms with Gasteiger partial charge in [-0.3, -0.25) is 9.59 Å². The van der Waals surface area contributed by atoms with Crippen LogP contribution in [0.2, 0.25) is 10.0 Å². The summed E-state index contributed by atoms with van der Waals surface area (Å²) in [4.78, 5) is 32.8. The highest BCUT2D eigenvalue weighted by Gasteiger charge is 2.66. The summed E-state index contributed by atoms with van der Waals surface area (Å²) in [6, 6.07) is 8.79. The first-order chi connectivity index (χ1) is 19.4. The molecule has 0 aromatic heterocycles. The van der Waals surface area contributed by atoms with E-state index in [4.69, 9.17) is 23.2 Å². The number of amides is 2. The van der Waals surface area contributed by atoms with Crippen LogP contribution < -0.4 is 16.0 Å². The lowest BCUT2D eigenvalue weighted by atomic mass is 9.62. The minimum absolute atomic E-state index is 0.0435. The second-order valence-electron chi connectivity index (χ2n) is 12.9. The lowest BCUT2D eigenvalue weighted by Gasteiger charge is -2.37. The third kappa shape index (κ3) is 5.87. The van der Waals surface area contributed by atoms with Crippen molar-refractivity contribution in [1.29, 1.82) is 0 Å². The van der Waals surface area contributed by atoms with E-state index in [9.17, 15) is 9.59 Å². The van der Waals surface area contributed by atoms with Crippen molar-refractivity contribution in [3.8, 4) is 0 Å². The van der Waals surface area contributed by atoms with Crippen molar-refractivity contribution in [1.82, 2.24) is 20.4 Å². The molecule has 41 heavy (non-hydrogen) atoms. The molecule has 3 aliphatic rings. The summed E-state index contributed by atoms with van der Waals surface area (Å²) in [7, 11) is 2.13. The van der Waals surface area contributed by atoms with Gasteiger partial charge in [0, 0.05) is 55.4 Å². The molecule has 2 fully saturated rings. The van der Waals surface area contributed by atoms with E-state index < -0.39 is 29.2 Å². The van der Waals surface area contributed by atoms with E-state index in [1.165, 1.54) is 6.07 Å². The molecule has 2 aromatic rings. The second-order valence-corrected chi connectivity index (χ2v) is 13.7. The van der Waals surface area contributed by atoms with E-state index in [1.807, 2.05) is 6.07 Å². The van der Waals surface area contributed by atoms with Crippen LogP contribution in [0.4, 0.5) is 10.1 Å². The van der Waals surface area contributed by atoms with Gasteiger partial charge in [0.25, 0.3) is 0 Å². The van der Waals surface area contributed by atoms with Gasteiger partial charge in [0.2, 0.25) is 11.8 Å². The summed E-state index contributed by atoms with van der Waals surface area (Å²) < 4.78 is 15.8. The highest BCUT2D eigenvalue weighted by molar-refractivity contribution is 6.31. The van der Waals surface area contributed by atoms with Gasteiger partial charge in [0.15, 0.2) is 0 Å². The molecule has 0 radical (unpaired) electrons. The van der Waals surface area contributed by atoms with Gasteiger partial charge >= 0.3 is 0 Å². The summed E-state index contributed by atoms with van der Waals surface area (Å²) in [6.45, 7) is 11.8. The predicted molar refractivity (Wildman–Crippen MR) is 162 cm³/mol. The van der Waals surface area contributed by atoms with Gasteiger partial charge in [-0.25, -0.2) is 4.39 Å². The summed E-state index contributed by atoms with van der Waals surface area (Å²) in [5, 5.41) is 10.1. The molecule has 3 heterocycles. The quantitative estimate of drug-likeness (QED) is 0.402. The van der Waals surface area contributed by atoms with Gasteiger partial charge < -0.3 is 25.8 Å². The minimum Gasteiger partial charge on any atom is -0.355 e. The van der Waals surface area contributed by atoms with Crippen molar-refractivity contribution in [2.45, 2.75) is 57.0 Å². The number of hydrogen-bond acceptors (Lipinski definition) is 5. The number of carbonyl (C=O) groups is 2. The van der Waals surface area contributed by atoms with Crippen LogP contribution in [0.5, 0.6) is 0 Å². The largest absolute Gasteiger partial charge is 0.355 e. The Hall–Kier alpha value is -2.23. The van der Waals surface area contributed by atoms with Crippen molar-refractivity contribution < 1.29 is 14.0 Å². The molecule has 0 bridgehead atoms. The predicted octanol–water partition coefficient (Wildman–Crippen LogP) is 4.64. The fraction of sp³-hybridized carbons (Fsp3) is 0.548. The third-order valence-electron chi connectivity index (χ3n) is 8.77. The highest BCUT2D eigenvalue weighted by atomic mass is 35.5. The first kappa shape index (κ1) is 30.2. The molecule has 3 N–H and O–H groups in total. The number of benzene rings is 2. The average molecular weight is 605 g/mol. The lowest BCUT2D eigenvalue weighted by Crippen LogP contribution is -2.49. The molecule has 2 saturated heterocycles. The Morgan fingerprint density at radius 3 is 2.59 bits per heavy atom. The van der Waals surface area contributed by atoms with Gasteiger partial charge in [0.05, 0.1) is 11.1 Å². The summed E-state index contributed by atoms with van der Waals surface area (Å²) >= 11 is 12.6. The second kappa shape index (κ2) is 11.8. The van der Waals surface area contributed by atoms with Crippen molar-refractivity contribution in [2.75, 3.05) is 51.6 Å². The fourth-order valence-corrected chi connectivity index (χ4v) is 7.20. The van der Waals surface area contributed by atoms with Crippen LogP contribution in [0.25, 0.3) is 0 Å². The maximum absolute atomic E-state index is 15.8. The zero-order chi connectivity index (χ0) is 29.5. The molecule has 5 rings (SSSR count). The van der Waals surface area contributed by atoms with Crippen LogP contribution in [-0.2, 0) is 15.0 Å².